The minimum Gasteiger partial charge on any atom is -0.425 e. The molecule has 0 aromatic rings. The van der Waals surface area contributed by atoms with Gasteiger partial charge in [-0.15, -0.1) is 0 Å². The minimum absolute atomic E-state index is 0.702. The maximum atomic E-state index is 5.62. The van der Waals surface area contributed by atoms with Crippen LogP contribution in [0.3, 0.4) is 0 Å². The van der Waals surface area contributed by atoms with Gasteiger partial charge in [0.2, 0.25) is 0 Å². The summed E-state index contributed by atoms with van der Waals surface area (Å²) in [5.74, 6) is 0. The lowest BCUT2D eigenvalue weighted by Crippen LogP contribution is -2.32. The van der Waals surface area contributed by atoms with Gasteiger partial charge in [0.05, 0.1) is 0 Å². The molecule has 0 bridgehead atoms. The molecule has 1 rings (SSSR count). The lowest BCUT2D eigenvalue weighted by atomic mass is 10.5. The van der Waals surface area contributed by atoms with Gasteiger partial charge >= 0.3 is 9.28 Å². The Bertz CT molecular complexity index is 133. The fourth-order valence-electron chi connectivity index (χ4n) is 0.967. The highest BCUT2D eigenvalue weighted by Gasteiger charge is 2.13. The van der Waals surface area contributed by atoms with Crippen LogP contribution in [0.4, 0.5) is 0 Å². The van der Waals surface area contributed by atoms with Crippen molar-refractivity contribution < 1.29 is 20.6 Å². The van der Waals surface area contributed by atoms with E-state index < -0.39 is 49.3 Å². The van der Waals surface area contributed by atoms with Gasteiger partial charge < -0.3 is 26.3 Å². The molecule has 1 fully saturated rings. The summed E-state index contributed by atoms with van der Waals surface area (Å²) in [7, 11) is -4.74. The molecule has 0 unspecified atom stereocenters. The lowest BCUT2D eigenvalue weighted by Gasteiger charge is -2.19. The smallest absolute Gasteiger partial charge is 0.303 e. The average molecular weight is 288 g/mol. The molecule has 2 N–H and O–H groups in total. The Morgan fingerprint density at radius 1 is 0.929 bits per heavy atom. The maximum Gasteiger partial charge on any atom is 0.303 e. The van der Waals surface area contributed by atoms with Crippen LogP contribution in [0.15, 0.2) is 0 Å². The van der Waals surface area contributed by atoms with Crippen molar-refractivity contribution in [3.8, 4) is 0 Å². The highest BCUT2D eigenvalue weighted by molar-refractivity contribution is 6.59. The van der Waals surface area contributed by atoms with Gasteiger partial charge in [-0.25, -0.2) is 0 Å². The molecule has 6 nitrogen and oxygen atoms in total. The van der Waals surface area contributed by atoms with Gasteiger partial charge in [-0.3, -0.25) is 0 Å². The quantitative estimate of drug-likeness (QED) is 0.529. The second kappa shape index (κ2) is 9.10. The number of hydrogen-bond acceptors (Lipinski definition) is 6. The van der Waals surface area contributed by atoms with Crippen molar-refractivity contribution in [2.45, 2.75) is 12.5 Å². The highest BCUT2D eigenvalue weighted by Crippen LogP contribution is 2.00. The van der Waals surface area contributed by atoms with Crippen LogP contribution >= 0.6 is 0 Å². The normalized spacial score (nSPS) is 32.8. The van der Waals surface area contributed by atoms with E-state index in [9.17, 15) is 0 Å². The molecule has 0 aromatic heterocycles. The summed E-state index contributed by atoms with van der Waals surface area (Å²) in [6, 6.07) is 0.979. The third-order valence-corrected chi connectivity index (χ3v) is 10.6. The average Bonchev–Trinajstić information content (AvgIpc) is 2.23. The number of hydrogen-bond donors (Lipinski definition) is 1. The summed E-state index contributed by atoms with van der Waals surface area (Å²) in [4.78, 5) is 0. The van der Waals surface area contributed by atoms with Crippen LogP contribution in [0.25, 0.3) is 0 Å². The van der Waals surface area contributed by atoms with Crippen molar-refractivity contribution in [2.75, 3.05) is 6.54 Å². The Hall–Kier alpha value is 0.844. The van der Waals surface area contributed by atoms with E-state index in [1.807, 2.05) is 0 Å². The zero-order valence-corrected chi connectivity index (χ0v) is 15.0. The van der Waals surface area contributed by atoms with Crippen molar-refractivity contribution >= 4 is 49.3 Å². The standard InChI is InChI=1S/C3H17NO5Si5/c4-2-1-3-14-8-12-6-10-5-11-7-13-9-14/h14H,1-4,10-13H2. The predicted octanol–water partition coefficient (Wildman–Crippen LogP) is -4.35. The first-order valence-electron chi connectivity index (χ1n) is 4.60. The van der Waals surface area contributed by atoms with Crippen molar-refractivity contribution in [3.63, 3.8) is 0 Å². The van der Waals surface area contributed by atoms with Crippen molar-refractivity contribution in [1.29, 1.82) is 0 Å². The number of nitrogens with two attached hydrogens (primary N) is 1. The zero-order chi connectivity index (χ0) is 10.1. The summed E-state index contributed by atoms with van der Waals surface area (Å²) in [5, 5.41) is 0. The van der Waals surface area contributed by atoms with E-state index in [0.29, 0.717) is 6.54 Å². The molecule has 84 valence electrons. The Morgan fingerprint density at radius 3 is 2.07 bits per heavy atom. The summed E-state index contributed by atoms with van der Waals surface area (Å²) < 4.78 is 27.2. The van der Waals surface area contributed by atoms with Gasteiger partial charge in [0.1, 0.15) is 0 Å². The zero-order valence-electron chi connectivity index (χ0n) is 8.15. The third-order valence-electron chi connectivity index (χ3n) is 1.65. The van der Waals surface area contributed by atoms with Crippen LogP contribution in [0.1, 0.15) is 6.42 Å². The van der Waals surface area contributed by atoms with E-state index in [1.165, 1.54) is 0 Å². The third kappa shape index (κ3) is 6.35. The van der Waals surface area contributed by atoms with Crippen molar-refractivity contribution in [3.05, 3.63) is 0 Å². The van der Waals surface area contributed by atoms with Crippen LogP contribution in [0, 0.1) is 0 Å². The molecule has 11 heteroatoms. The Kier molecular flexibility index (Phi) is 8.39. The molecule has 14 heavy (non-hydrogen) atoms. The number of rotatable bonds is 3. The molecular weight excluding hydrogens is 270 g/mol. The maximum absolute atomic E-state index is 5.62. The minimum atomic E-state index is -1.48. The van der Waals surface area contributed by atoms with Gasteiger partial charge in [-0.2, -0.15) is 0 Å². The summed E-state index contributed by atoms with van der Waals surface area (Å²) in [5.41, 5.74) is 5.44. The fraction of sp³-hybridized carbons (Fsp3) is 1.00. The van der Waals surface area contributed by atoms with Gasteiger partial charge in [-0.05, 0) is 19.0 Å². The molecule has 0 aliphatic carbocycles. The van der Waals surface area contributed by atoms with Crippen LogP contribution < -0.4 is 5.73 Å². The van der Waals surface area contributed by atoms with Crippen LogP contribution in [0.2, 0.25) is 6.04 Å². The van der Waals surface area contributed by atoms with Gasteiger partial charge in [0.15, 0.2) is 0 Å². The van der Waals surface area contributed by atoms with Gasteiger partial charge in [-0.1, -0.05) is 0 Å². The lowest BCUT2D eigenvalue weighted by molar-refractivity contribution is 0.331. The van der Waals surface area contributed by atoms with E-state index in [-0.39, 0.29) is 0 Å². The molecule has 0 amide bonds. The van der Waals surface area contributed by atoms with Gasteiger partial charge in [0, 0.05) is 0 Å². The van der Waals surface area contributed by atoms with E-state index in [2.05, 4.69) is 0 Å². The van der Waals surface area contributed by atoms with Crippen LogP contribution in [-0.4, -0.2) is 55.9 Å². The van der Waals surface area contributed by atoms with E-state index in [4.69, 9.17) is 26.3 Å². The largest absolute Gasteiger partial charge is 0.425 e. The summed E-state index contributed by atoms with van der Waals surface area (Å²) in [6.07, 6.45) is 0.977. The molecule has 0 aromatic carbocycles. The molecule has 1 aliphatic rings. The predicted molar refractivity (Wildman–Crippen MR) is 65.2 cm³/mol. The SMILES string of the molecule is NCCC[SiH]1O[SiH2]O[SiH2]O[SiH2]O[SiH2]O1. The summed E-state index contributed by atoms with van der Waals surface area (Å²) >= 11 is 0. The second-order valence-electron chi connectivity index (χ2n) is 2.78. The van der Waals surface area contributed by atoms with E-state index >= 15 is 0 Å². The first-order valence-corrected chi connectivity index (χ1v) is 11.0. The molecular formula is C3H17NO5Si5. The molecule has 0 radical (unpaired) electrons. The second-order valence-corrected chi connectivity index (χ2v) is 12.7. The molecule has 0 spiro atoms. The van der Waals surface area contributed by atoms with E-state index in [1.54, 1.807) is 0 Å². The molecule has 1 saturated heterocycles. The summed E-state index contributed by atoms with van der Waals surface area (Å²) in [6.45, 7) is 0.702. The molecule has 0 atom stereocenters. The Balaban J connectivity index is 2.16. The molecule has 1 heterocycles. The topological polar surface area (TPSA) is 72.2 Å². The van der Waals surface area contributed by atoms with E-state index in [0.717, 1.165) is 12.5 Å². The molecule has 0 saturated carbocycles. The van der Waals surface area contributed by atoms with Crippen molar-refractivity contribution in [2.24, 2.45) is 5.73 Å². The fourth-order valence-corrected chi connectivity index (χ4v) is 11.7. The van der Waals surface area contributed by atoms with Crippen LogP contribution in [-0.2, 0) is 20.6 Å². The van der Waals surface area contributed by atoms with Crippen LogP contribution in [0.5, 0.6) is 0 Å². The highest BCUT2D eigenvalue weighted by atomic mass is 28.4. The monoisotopic (exact) mass is 287 g/mol. The van der Waals surface area contributed by atoms with Crippen molar-refractivity contribution in [1.82, 2.24) is 0 Å². The Morgan fingerprint density at radius 2 is 1.50 bits per heavy atom. The first-order chi connectivity index (χ1) is 6.93. The molecule has 1 aliphatic heterocycles. The van der Waals surface area contributed by atoms with Gasteiger partial charge in [0.25, 0.3) is 40.0 Å². The Labute approximate surface area is 94.9 Å². The first kappa shape index (κ1) is 12.9.